The van der Waals surface area contributed by atoms with E-state index >= 15 is 0 Å². The first-order valence-corrected chi connectivity index (χ1v) is 9.47. The first kappa shape index (κ1) is 20.6. The van der Waals surface area contributed by atoms with Gasteiger partial charge in [-0.3, -0.25) is 9.88 Å². The van der Waals surface area contributed by atoms with Crippen LogP contribution < -0.4 is 11.5 Å². The molecule has 2 heterocycles. The van der Waals surface area contributed by atoms with Crippen LogP contribution in [0.5, 0.6) is 5.75 Å². The number of pyridine rings is 1. The number of carboxylic acid groups (broad SMARTS) is 1. The number of aromatic hydroxyl groups is 1. The van der Waals surface area contributed by atoms with Gasteiger partial charge < -0.3 is 21.7 Å². The number of hydrogen-bond donors (Lipinski definition) is 4. The van der Waals surface area contributed by atoms with Crippen molar-refractivity contribution >= 4 is 16.9 Å². The molecule has 1 aliphatic rings. The second-order valence-electron chi connectivity index (χ2n) is 7.26. The average Bonchev–Trinajstić information content (AvgIpc) is 2.70. The summed E-state index contributed by atoms with van der Waals surface area (Å²) in [6.07, 6.45) is 4.22. The molecule has 0 spiro atoms. The second-order valence-corrected chi connectivity index (χ2v) is 7.26. The Kier molecular flexibility index (Phi) is 6.31. The Morgan fingerprint density at radius 2 is 1.86 bits per heavy atom. The van der Waals surface area contributed by atoms with Crippen LogP contribution in [-0.2, 0) is 6.54 Å². The van der Waals surface area contributed by atoms with E-state index < -0.39 is 6.09 Å². The highest BCUT2D eigenvalue weighted by Crippen LogP contribution is 2.33. The van der Waals surface area contributed by atoms with Crippen LogP contribution in [0.3, 0.4) is 0 Å². The number of nitrogens with zero attached hydrogens (tertiary/aromatic N) is 2. The van der Waals surface area contributed by atoms with Crippen LogP contribution in [0.1, 0.15) is 18.4 Å². The van der Waals surface area contributed by atoms with Gasteiger partial charge in [0.05, 0.1) is 0 Å². The van der Waals surface area contributed by atoms with E-state index in [1.54, 1.807) is 12.3 Å². The van der Waals surface area contributed by atoms with Crippen LogP contribution >= 0.6 is 0 Å². The number of nitrogens with one attached hydrogen (secondary N) is 1. The molecule has 0 bridgehead atoms. The largest absolute Gasteiger partial charge is 0.508 e. The minimum atomic E-state index is -0.965. The molecule has 3 aromatic rings. The first-order chi connectivity index (χ1) is 13.6. The first-order valence-electron chi connectivity index (χ1n) is 9.47. The Morgan fingerprint density at radius 3 is 2.55 bits per heavy atom. The minimum Gasteiger partial charge on any atom is -0.508 e. The van der Waals surface area contributed by atoms with Gasteiger partial charge in [0.1, 0.15) is 5.75 Å². The predicted molar refractivity (Wildman–Crippen MR) is 113 cm³/mol. The van der Waals surface area contributed by atoms with Crippen molar-refractivity contribution in [3.05, 3.63) is 60.4 Å². The van der Waals surface area contributed by atoms with E-state index in [0.717, 1.165) is 53.4 Å². The summed E-state index contributed by atoms with van der Waals surface area (Å²) in [5.74, 6) is 0.269. The van der Waals surface area contributed by atoms with E-state index in [1.807, 2.05) is 24.4 Å². The lowest BCUT2D eigenvalue weighted by Crippen LogP contribution is -2.43. The van der Waals surface area contributed by atoms with Crippen molar-refractivity contribution in [2.24, 2.45) is 0 Å². The molecule has 1 aliphatic heterocycles. The van der Waals surface area contributed by atoms with Crippen molar-refractivity contribution < 1.29 is 15.0 Å². The molecule has 7 nitrogen and oxygen atoms in total. The number of phenols is 1. The van der Waals surface area contributed by atoms with Crippen molar-refractivity contribution in [3.8, 4) is 16.9 Å². The predicted octanol–water partition coefficient (Wildman–Crippen LogP) is 4.00. The van der Waals surface area contributed by atoms with Crippen molar-refractivity contribution in [1.29, 1.82) is 0 Å². The van der Waals surface area contributed by atoms with E-state index in [2.05, 4.69) is 33.4 Å². The van der Waals surface area contributed by atoms with Gasteiger partial charge in [0.25, 0.3) is 0 Å². The maximum Gasteiger partial charge on any atom is 0.404 e. The van der Waals surface area contributed by atoms with Gasteiger partial charge in [0, 0.05) is 54.6 Å². The third-order valence-corrected chi connectivity index (χ3v) is 5.35. The summed E-state index contributed by atoms with van der Waals surface area (Å²) in [4.78, 5) is 17.4. The number of amides is 1. The Hall–Kier alpha value is -3.16. The molecule has 4 rings (SSSR count). The molecule has 1 amide bonds. The quantitative estimate of drug-likeness (QED) is 0.531. The third-order valence-electron chi connectivity index (χ3n) is 5.35. The van der Waals surface area contributed by atoms with Gasteiger partial charge in [-0.05, 0) is 35.9 Å². The number of hydrogen-bond acceptors (Lipinski definition) is 5. The fourth-order valence-electron chi connectivity index (χ4n) is 3.88. The van der Waals surface area contributed by atoms with E-state index in [1.165, 1.54) is 0 Å². The Labute approximate surface area is 169 Å². The van der Waals surface area contributed by atoms with E-state index in [4.69, 9.17) is 5.11 Å². The molecule has 0 atom stereocenters. The molecular formula is C22H26N4O3. The van der Waals surface area contributed by atoms with Gasteiger partial charge in [0.2, 0.25) is 0 Å². The molecule has 0 aliphatic carbocycles. The summed E-state index contributed by atoms with van der Waals surface area (Å²) >= 11 is 0. The maximum absolute atomic E-state index is 10.8. The molecule has 2 aromatic carbocycles. The normalized spacial score (nSPS) is 15.0. The third kappa shape index (κ3) is 4.64. The number of likely N-dealkylation sites (tertiary alicyclic amines) is 1. The van der Waals surface area contributed by atoms with Crippen LogP contribution in [-0.4, -0.2) is 45.3 Å². The summed E-state index contributed by atoms with van der Waals surface area (Å²) in [7, 11) is 0. The molecule has 1 fully saturated rings. The highest BCUT2D eigenvalue weighted by atomic mass is 16.4. The molecule has 6 N–H and O–H groups in total. The summed E-state index contributed by atoms with van der Waals surface area (Å²) in [5, 5.41) is 23.9. The molecule has 152 valence electrons. The van der Waals surface area contributed by atoms with Crippen LogP contribution in [0.4, 0.5) is 4.79 Å². The second kappa shape index (κ2) is 8.89. The van der Waals surface area contributed by atoms with E-state index in [9.17, 15) is 9.90 Å². The summed E-state index contributed by atoms with van der Waals surface area (Å²) in [6.45, 7) is 2.23. The molecule has 7 heteroatoms. The lowest BCUT2D eigenvalue weighted by atomic mass is 9.98. The van der Waals surface area contributed by atoms with E-state index in [0.29, 0.717) is 6.54 Å². The van der Waals surface area contributed by atoms with Gasteiger partial charge in [-0.1, -0.05) is 30.3 Å². The average molecular weight is 394 g/mol. The van der Waals surface area contributed by atoms with Gasteiger partial charge in [0.15, 0.2) is 0 Å². The molecule has 29 heavy (non-hydrogen) atoms. The number of rotatable bonds is 4. The topological polar surface area (TPSA) is 121 Å². The van der Waals surface area contributed by atoms with Gasteiger partial charge >= 0.3 is 6.09 Å². The maximum atomic E-state index is 10.8. The number of carbonyl (C=O) groups is 1. The fraction of sp³-hybridized carbons (Fsp3) is 0.273. The van der Waals surface area contributed by atoms with Gasteiger partial charge in [-0.15, -0.1) is 0 Å². The number of phenolic OH excluding ortho intramolecular Hbond substituents is 1. The van der Waals surface area contributed by atoms with Gasteiger partial charge in [-0.2, -0.15) is 0 Å². The molecule has 0 radical (unpaired) electrons. The van der Waals surface area contributed by atoms with E-state index in [-0.39, 0.29) is 17.9 Å². The van der Waals surface area contributed by atoms with Crippen LogP contribution in [0.2, 0.25) is 0 Å². The Bertz CT molecular complexity index is 986. The number of piperidine rings is 1. The molecule has 0 unspecified atom stereocenters. The van der Waals surface area contributed by atoms with Crippen molar-refractivity contribution in [3.63, 3.8) is 0 Å². The summed E-state index contributed by atoms with van der Waals surface area (Å²) in [6, 6.07) is 14.0. The lowest BCUT2D eigenvalue weighted by molar-refractivity contribution is 0.165. The summed E-state index contributed by atoms with van der Waals surface area (Å²) in [5.41, 5.74) is 3.02. The standard InChI is InChI=1S/C22H23N3O3.H3N/c26-21-11-16-12-23-13-20(15-4-2-1-3-5-15)19(16)10-17(21)14-25-8-6-18(7-9-25)24-22(27)28;/h1-5,10-13,18,24,26H,6-9,14H2,(H,27,28);1H3. The highest BCUT2D eigenvalue weighted by Gasteiger charge is 2.21. The minimum absolute atomic E-state index is 0. The summed E-state index contributed by atoms with van der Waals surface area (Å²) < 4.78 is 0. The lowest BCUT2D eigenvalue weighted by Gasteiger charge is -2.32. The molecule has 1 aromatic heterocycles. The van der Waals surface area contributed by atoms with Crippen LogP contribution in [0.15, 0.2) is 54.9 Å². The zero-order valence-electron chi connectivity index (χ0n) is 16.2. The molecular weight excluding hydrogens is 368 g/mol. The fourth-order valence-corrected chi connectivity index (χ4v) is 3.88. The van der Waals surface area contributed by atoms with Crippen molar-refractivity contribution in [2.75, 3.05) is 13.1 Å². The van der Waals surface area contributed by atoms with Crippen molar-refractivity contribution in [1.82, 2.24) is 21.4 Å². The van der Waals surface area contributed by atoms with Crippen LogP contribution in [0.25, 0.3) is 21.9 Å². The number of aromatic nitrogens is 1. The monoisotopic (exact) mass is 394 g/mol. The number of fused-ring (bicyclic) bond motifs is 1. The smallest absolute Gasteiger partial charge is 0.404 e. The van der Waals surface area contributed by atoms with Crippen molar-refractivity contribution in [2.45, 2.75) is 25.4 Å². The molecule has 1 saturated heterocycles. The number of benzene rings is 2. The van der Waals surface area contributed by atoms with Crippen LogP contribution in [0, 0.1) is 0 Å². The SMILES string of the molecule is N.O=C(O)NC1CCN(Cc2cc3c(-c4ccccc4)cncc3cc2O)CC1. The van der Waals surface area contributed by atoms with Gasteiger partial charge in [-0.25, -0.2) is 4.79 Å². The zero-order chi connectivity index (χ0) is 19.5. The Balaban J connectivity index is 0.00000240. The Morgan fingerprint density at radius 1 is 1.14 bits per heavy atom. The molecule has 0 saturated carbocycles. The zero-order valence-corrected chi connectivity index (χ0v) is 16.2. The highest BCUT2D eigenvalue weighted by molar-refractivity contribution is 5.97.